The van der Waals surface area contributed by atoms with E-state index >= 15 is 0 Å². The highest BCUT2D eigenvalue weighted by Gasteiger charge is 2.09. The smallest absolute Gasteiger partial charge is 0.128 e. The Bertz CT molecular complexity index is 774. The number of H-pyrrole nitrogens is 1. The van der Waals surface area contributed by atoms with E-state index in [-0.39, 0.29) is 0 Å². The number of nitrogens with one attached hydrogen (secondary N) is 1. The summed E-state index contributed by atoms with van der Waals surface area (Å²) >= 11 is 6.98. The molecular formula is C15H14N2OS2. The number of hydrogen-bond donors (Lipinski definition) is 1. The minimum absolute atomic E-state index is 0.734. The zero-order chi connectivity index (χ0) is 13.9. The molecule has 1 aromatic carbocycles. The molecule has 0 radical (unpaired) electrons. The van der Waals surface area contributed by atoms with Crippen molar-refractivity contribution in [1.82, 2.24) is 9.97 Å². The maximum atomic E-state index is 5.60. The zero-order valence-electron chi connectivity index (χ0n) is 11.1. The van der Waals surface area contributed by atoms with Crippen molar-refractivity contribution < 1.29 is 4.74 Å². The highest BCUT2D eigenvalue weighted by molar-refractivity contribution is 7.71. The Morgan fingerprint density at radius 1 is 1.30 bits per heavy atom. The zero-order valence-corrected chi connectivity index (χ0v) is 12.7. The van der Waals surface area contributed by atoms with E-state index in [1.165, 1.54) is 0 Å². The van der Waals surface area contributed by atoms with E-state index in [2.05, 4.69) is 34.4 Å². The van der Waals surface area contributed by atoms with Gasteiger partial charge >= 0.3 is 0 Å². The van der Waals surface area contributed by atoms with Gasteiger partial charge in [0.25, 0.3) is 0 Å². The largest absolute Gasteiger partial charge is 0.494 e. The SMILES string of the molecule is CCCOc1ccc(-c2csc3nc[nH]c(=S)c23)cc1. The van der Waals surface area contributed by atoms with E-state index in [0.29, 0.717) is 0 Å². The lowest BCUT2D eigenvalue weighted by Crippen LogP contribution is -1.94. The predicted molar refractivity (Wildman–Crippen MR) is 86.0 cm³/mol. The molecule has 0 unspecified atom stereocenters. The van der Waals surface area contributed by atoms with Crippen molar-refractivity contribution in [3.05, 3.63) is 40.6 Å². The number of nitrogens with zero attached hydrogens (tertiary/aromatic N) is 1. The van der Waals surface area contributed by atoms with Crippen LogP contribution in [-0.4, -0.2) is 16.6 Å². The molecule has 3 aromatic rings. The molecule has 0 amide bonds. The van der Waals surface area contributed by atoms with Crippen LogP contribution in [0, 0.1) is 4.64 Å². The van der Waals surface area contributed by atoms with Crippen LogP contribution in [0.1, 0.15) is 13.3 Å². The van der Waals surface area contributed by atoms with Crippen LogP contribution in [0.3, 0.4) is 0 Å². The summed E-state index contributed by atoms with van der Waals surface area (Å²) < 4.78 is 6.34. The molecule has 2 heterocycles. The Morgan fingerprint density at radius 2 is 2.10 bits per heavy atom. The molecule has 0 aliphatic rings. The normalized spacial score (nSPS) is 10.8. The molecular weight excluding hydrogens is 288 g/mol. The van der Waals surface area contributed by atoms with Crippen molar-refractivity contribution in [1.29, 1.82) is 0 Å². The molecule has 3 rings (SSSR count). The predicted octanol–water partition coefficient (Wildman–Crippen LogP) is 4.81. The maximum absolute atomic E-state index is 5.60. The highest BCUT2D eigenvalue weighted by atomic mass is 32.1. The van der Waals surface area contributed by atoms with Crippen LogP contribution >= 0.6 is 23.6 Å². The summed E-state index contributed by atoms with van der Waals surface area (Å²) in [6.07, 6.45) is 2.66. The van der Waals surface area contributed by atoms with Gasteiger partial charge in [-0.3, -0.25) is 0 Å². The van der Waals surface area contributed by atoms with Gasteiger partial charge in [-0.15, -0.1) is 11.3 Å². The Morgan fingerprint density at radius 3 is 2.85 bits per heavy atom. The van der Waals surface area contributed by atoms with Crippen LogP contribution in [0.2, 0.25) is 0 Å². The van der Waals surface area contributed by atoms with E-state index in [0.717, 1.165) is 44.8 Å². The van der Waals surface area contributed by atoms with Crippen molar-refractivity contribution in [2.75, 3.05) is 6.61 Å². The minimum Gasteiger partial charge on any atom is -0.494 e. The third kappa shape index (κ3) is 2.46. The van der Waals surface area contributed by atoms with E-state index in [4.69, 9.17) is 17.0 Å². The number of benzene rings is 1. The lowest BCUT2D eigenvalue weighted by molar-refractivity contribution is 0.317. The lowest BCUT2D eigenvalue weighted by Gasteiger charge is -2.05. The summed E-state index contributed by atoms with van der Waals surface area (Å²) in [6.45, 7) is 2.84. The van der Waals surface area contributed by atoms with Crippen molar-refractivity contribution in [2.24, 2.45) is 0 Å². The van der Waals surface area contributed by atoms with Crippen molar-refractivity contribution in [2.45, 2.75) is 13.3 Å². The third-order valence-corrected chi connectivity index (χ3v) is 4.22. The van der Waals surface area contributed by atoms with Gasteiger partial charge in [0.15, 0.2) is 0 Å². The number of aromatic nitrogens is 2. The number of thiophene rings is 1. The second kappa shape index (κ2) is 5.73. The van der Waals surface area contributed by atoms with Crippen molar-refractivity contribution in [3.8, 4) is 16.9 Å². The molecule has 0 saturated heterocycles. The van der Waals surface area contributed by atoms with Crippen LogP contribution in [0.5, 0.6) is 5.75 Å². The van der Waals surface area contributed by atoms with Crippen LogP contribution in [0.15, 0.2) is 36.0 Å². The Kier molecular flexibility index (Phi) is 3.80. The van der Waals surface area contributed by atoms with E-state index in [9.17, 15) is 0 Å². The molecule has 0 aliphatic heterocycles. The fraction of sp³-hybridized carbons (Fsp3) is 0.200. The summed E-state index contributed by atoms with van der Waals surface area (Å²) in [5.74, 6) is 0.901. The van der Waals surface area contributed by atoms with E-state index in [1.807, 2.05) is 12.1 Å². The number of rotatable bonds is 4. The van der Waals surface area contributed by atoms with Gasteiger partial charge in [-0.25, -0.2) is 4.98 Å². The molecule has 0 aliphatic carbocycles. The summed E-state index contributed by atoms with van der Waals surface area (Å²) in [7, 11) is 0. The molecule has 2 aromatic heterocycles. The van der Waals surface area contributed by atoms with Crippen LogP contribution in [0.4, 0.5) is 0 Å². The monoisotopic (exact) mass is 302 g/mol. The lowest BCUT2D eigenvalue weighted by atomic mass is 10.1. The first-order valence-electron chi connectivity index (χ1n) is 6.47. The van der Waals surface area contributed by atoms with E-state index < -0.39 is 0 Å². The average molecular weight is 302 g/mol. The molecule has 0 atom stereocenters. The van der Waals surface area contributed by atoms with Gasteiger partial charge in [-0.1, -0.05) is 31.3 Å². The number of aromatic amines is 1. The summed E-state index contributed by atoms with van der Waals surface area (Å²) in [4.78, 5) is 8.28. The first-order chi connectivity index (χ1) is 9.79. The van der Waals surface area contributed by atoms with Crippen LogP contribution < -0.4 is 4.74 Å². The molecule has 0 fully saturated rings. The summed E-state index contributed by atoms with van der Waals surface area (Å²) in [6, 6.07) is 8.12. The van der Waals surface area contributed by atoms with Crippen molar-refractivity contribution >= 4 is 33.8 Å². The molecule has 0 bridgehead atoms. The van der Waals surface area contributed by atoms with Gasteiger partial charge in [0.1, 0.15) is 15.2 Å². The molecule has 0 spiro atoms. The fourth-order valence-electron chi connectivity index (χ4n) is 2.05. The van der Waals surface area contributed by atoms with Crippen LogP contribution in [0.25, 0.3) is 21.3 Å². The van der Waals surface area contributed by atoms with Gasteiger partial charge in [0, 0.05) is 10.9 Å². The molecule has 0 saturated carbocycles. The van der Waals surface area contributed by atoms with Crippen LogP contribution in [-0.2, 0) is 0 Å². The minimum atomic E-state index is 0.734. The quantitative estimate of drug-likeness (QED) is 0.703. The number of ether oxygens (including phenoxy) is 1. The fourth-order valence-corrected chi connectivity index (χ4v) is 3.30. The summed E-state index contributed by atoms with van der Waals surface area (Å²) in [5.41, 5.74) is 2.26. The first-order valence-corrected chi connectivity index (χ1v) is 7.76. The first kappa shape index (κ1) is 13.3. The Hall–Kier alpha value is -1.72. The second-order valence-electron chi connectivity index (χ2n) is 4.43. The average Bonchev–Trinajstić information content (AvgIpc) is 2.91. The number of fused-ring (bicyclic) bond motifs is 1. The molecule has 1 N–H and O–H groups in total. The van der Waals surface area contributed by atoms with Gasteiger partial charge in [-0.05, 0) is 24.1 Å². The van der Waals surface area contributed by atoms with E-state index in [1.54, 1.807) is 17.7 Å². The van der Waals surface area contributed by atoms with Gasteiger partial charge < -0.3 is 9.72 Å². The number of hydrogen-bond acceptors (Lipinski definition) is 4. The second-order valence-corrected chi connectivity index (χ2v) is 5.70. The molecule has 3 nitrogen and oxygen atoms in total. The summed E-state index contributed by atoms with van der Waals surface area (Å²) in [5, 5.41) is 3.12. The maximum Gasteiger partial charge on any atom is 0.128 e. The van der Waals surface area contributed by atoms with Crippen molar-refractivity contribution in [3.63, 3.8) is 0 Å². The molecule has 102 valence electrons. The Balaban J connectivity index is 2.01. The van der Waals surface area contributed by atoms with Gasteiger partial charge in [-0.2, -0.15) is 0 Å². The standard InChI is InChI=1S/C15H14N2OS2/c1-2-7-18-11-5-3-10(4-6-11)12-8-20-15-13(12)14(19)16-9-17-15/h3-6,8-9H,2,7H2,1H3,(H,16,17,19). The topological polar surface area (TPSA) is 37.9 Å². The highest BCUT2D eigenvalue weighted by Crippen LogP contribution is 2.33. The third-order valence-electron chi connectivity index (χ3n) is 3.01. The van der Waals surface area contributed by atoms with Gasteiger partial charge in [0.2, 0.25) is 0 Å². The Labute approximate surface area is 126 Å². The molecule has 5 heteroatoms. The molecule has 20 heavy (non-hydrogen) atoms. The van der Waals surface area contributed by atoms with Gasteiger partial charge in [0.05, 0.1) is 18.3 Å².